The molecule has 3 nitrogen and oxygen atoms in total. The Labute approximate surface area is 79.5 Å². The fourth-order valence-corrected chi connectivity index (χ4v) is 1.40. The van der Waals surface area contributed by atoms with Gasteiger partial charge in [0.1, 0.15) is 0 Å². The van der Waals surface area contributed by atoms with Crippen molar-refractivity contribution in [2.75, 3.05) is 0 Å². The molecule has 1 rings (SSSR count). The number of carbonyl (C=O) groups excluding carboxylic acids is 1. The second-order valence-electron chi connectivity index (χ2n) is 3.28. The first-order valence-corrected chi connectivity index (χ1v) is 4.26. The topological polar surface area (TPSA) is 55.1 Å². The highest BCUT2D eigenvalue weighted by Crippen LogP contribution is 2.17. The molecule has 4 heteroatoms. The van der Waals surface area contributed by atoms with Crippen LogP contribution in [0, 0.1) is 0 Å². The number of nitrogens with two attached hydrogens (primary N) is 1. The highest BCUT2D eigenvalue weighted by Gasteiger charge is 2.18. The van der Waals surface area contributed by atoms with Crippen molar-refractivity contribution in [2.45, 2.75) is 44.7 Å². The SMILES string of the molecule is CC(N)C(=O)NC1CCCC1.Cl. The molecule has 0 aliphatic heterocycles. The van der Waals surface area contributed by atoms with Crippen LogP contribution in [0.3, 0.4) is 0 Å². The molecule has 0 bridgehead atoms. The summed E-state index contributed by atoms with van der Waals surface area (Å²) in [6.07, 6.45) is 4.73. The van der Waals surface area contributed by atoms with E-state index in [1.54, 1.807) is 6.92 Å². The van der Waals surface area contributed by atoms with Crippen LogP contribution in [-0.4, -0.2) is 18.0 Å². The Morgan fingerprint density at radius 1 is 1.50 bits per heavy atom. The molecule has 3 N–H and O–H groups in total. The summed E-state index contributed by atoms with van der Waals surface area (Å²) in [4.78, 5) is 11.1. The smallest absolute Gasteiger partial charge is 0.236 e. The largest absolute Gasteiger partial charge is 0.352 e. The van der Waals surface area contributed by atoms with Crippen molar-refractivity contribution < 1.29 is 4.79 Å². The first-order chi connectivity index (χ1) is 5.20. The third-order valence-electron chi connectivity index (χ3n) is 2.12. The molecular weight excluding hydrogens is 176 g/mol. The Balaban J connectivity index is 0.00000121. The van der Waals surface area contributed by atoms with Crippen LogP contribution < -0.4 is 11.1 Å². The van der Waals surface area contributed by atoms with Crippen LogP contribution in [0.5, 0.6) is 0 Å². The Bertz CT molecular complexity index is 144. The Hall–Kier alpha value is -0.280. The lowest BCUT2D eigenvalue weighted by Crippen LogP contribution is -2.42. The molecule has 1 saturated carbocycles. The molecule has 0 aromatic heterocycles. The van der Waals surface area contributed by atoms with Crippen molar-refractivity contribution in [2.24, 2.45) is 5.73 Å². The minimum absolute atomic E-state index is 0. The normalized spacial score (nSPS) is 19.8. The maximum atomic E-state index is 11.1. The van der Waals surface area contributed by atoms with Gasteiger partial charge in [-0.25, -0.2) is 0 Å². The minimum atomic E-state index is -0.365. The zero-order valence-corrected chi connectivity index (χ0v) is 8.19. The zero-order valence-electron chi connectivity index (χ0n) is 7.38. The molecule has 0 saturated heterocycles. The lowest BCUT2D eigenvalue weighted by atomic mass is 10.2. The first kappa shape index (κ1) is 11.7. The van der Waals surface area contributed by atoms with Crippen LogP contribution in [0.15, 0.2) is 0 Å². The highest BCUT2D eigenvalue weighted by molar-refractivity contribution is 5.85. The quantitative estimate of drug-likeness (QED) is 0.681. The van der Waals surface area contributed by atoms with Gasteiger partial charge in [-0.3, -0.25) is 4.79 Å². The molecule has 1 unspecified atom stereocenters. The number of rotatable bonds is 2. The number of nitrogens with one attached hydrogen (secondary N) is 1. The number of halogens is 1. The van der Waals surface area contributed by atoms with Crippen LogP contribution in [0.4, 0.5) is 0 Å². The monoisotopic (exact) mass is 192 g/mol. The van der Waals surface area contributed by atoms with Gasteiger partial charge in [0.15, 0.2) is 0 Å². The van der Waals surface area contributed by atoms with Gasteiger partial charge in [0.25, 0.3) is 0 Å². The zero-order chi connectivity index (χ0) is 8.27. The molecule has 0 radical (unpaired) electrons. The number of hydrogen-bond donors (Lipinski definition) is 2. The van der Waals surface area contributed by atoms with Crippen LogP contribution in [0.2, 0.25) is 0 Å². The lowest BCUT2D eigenvalue weighted by Gasteiger charge is -2.13. The van der Waals surface area contributed by atoms with Crippen LogP contribution >= 0.6 is 12.4 Å². The fourth-order valence-electron chi connectivity index (χ4n) is 1.40. The van der Waals surface area contributed by atoms with E-state index < -0.39 is 0 Å². The van der Waals surface area contributed by atoms with Crippen molar-refractivity contribution in [1.29, 1.82) is 0 Å². The summed E-state index contributed by atoms with van der Waals surface area (Å²) in [6, 6.07) is 0.0316. The van der Waals surface area contributed by atoms with E-state index in [2.05, 4.69) is 5.32 Å². The van der Waals surface area contributed by atoms with E-state index in [0.29, 0.717) is 6.04 Å². The summed E-state index contributed by atoms with van der Waals surface area (Å²) >= 11 is 0. The van der Waals surface area contributed by atoms with Gasteiger partial charge in [0, 0.05) is 6.04 Å². The summed E-state index contributed by atoms with van der Waals surface area (Å²) in [5.41, 5.74) is 5.40. The van der Waals surface area contributed by atoms with E-state index in [9.17, 15) is 4.79 Å². The number of hydrogen-bond acceptors (Lipinski definition) is 2. The highest BCUT2D eigenvalue weighted by atomic mass is 35.5. The standard InChI is InChI=1S/C8H16N2O.ClH/c1-6(9)8(11)10-7-4-2-3-5-7;/h6-7H,2-5,9H2,1H3,(H,10,11);1H. The Morgan fingerprint density at radius 2 is 2.00 bits per heavy atom. The molecule has 0 aromatic carbocycles. The van der Waals surface area contributed by atoms with Gasteiger partial charge in [-0.15, -0.1) is 12.4 Å². The van der Waals surface area contributed by atoms with Crippen LogP contribution in [-0.2, 0) is 4.79 Å². The second kappa shape index (κ2) is 5.38. The van der Waals surface area contributed by atoms with Crippen LogP contribution in [0.25, 0.3) is 0 Å². The molecule has 1 aliphatic carbocycles. The van der Waals surface area contributed by atoms with Gasteiger partial charge in [0.2, 0.25) is 5.91 Å². The van der Waals surface area contributed by atoms with Crippen molar-refractivity contribution in [3.8, 4) is 0 Å². The van der Waals surface area contributed by atoms with Gasteiger partial charge in [-0.05, 0) is 19.8 Å². The summed E-state index contributed by atoms with van der Waals surface area (Å²) < 4.78 is 0. The predicted molar refractivity (Wildman–Crippen MR) is 51.3 cm³/mol. The molecule has 1 amide bonds. The van der Waals surface area contributed by atoms with Crippen molar-refractivity contribution in [3.63, 3.8) is 0 Å². The van der Waals surface area contributed by atoms with E-state index >= 15 is 0 Å². The van der Waals surface area contributed by atoms with E-state index in [1.165, 1.54) is 12.8 Å². The fraction of sp³-hybridized carbons (Fsp3) is 0.875. The summed E-state index contributed by atoms with van der Waals surface area (Å²) in [6.45, 7) is 1.71. The average molecular weight is 193 g/mol. The second-order valence-corrected chi connectivity index (χ2v) is 3.28. The molecule has 0 spiro atoms. The van der Waals surface area contributed by atoms with Gasteiger partial charge in [-0.2, -0.15) is 0 Å². The average Bonchev–Trinajstić information content (AvgIpc) is 2.39. The van der Waals surface area contributed by atoms with Gasteiger partial charge < -0.3 is 11.1 Å². The third-order valence-corrected chi connectivity index (χ3v) is 2.12. The lowest BCUT2D eigenvalue weighted by molar-refractivity contribution is -0.122. The van der Waals surface area contributed by atoms with Crippen molar-refractivity contribution in [3.05, 3.63) is 0 Å². The number of amides is 1. The summed E-state index contributed by atoms with van der Waals surface area (Å²) in [5.74, 6) is -0.0168. The van der Waals surface area contributed by atoms with Gasteiger partial charge >= 0.3 is 0 Å². The van der Waals surface area contributed by atoms with E-state index in [1.807, 2.05) is 0 Å². The van der Waals surface area contributed by atoms with E-state index in [4.69, 9.17) is 5.73 Å². The molecule has 0 heterocycles. The van der Waals surface area contributed by atoms with Crippen molar-refractivity contribution >= 4 is 18.3 Å². The molecule has 12 heavy (non-hydrogen) atoms. The van der Waals surface area contributed by atoms with Gasteiger partial charge in [-0.1, -0.05) is 12.8 Å². The number of carbonyl (C=O) groups is 1. The van der Waals surface area contributed by atoms with Gasteiger partial charge in [0.05, 0.1) is 6.04 Å². The minimum Gasteiger partial charge on any atom is -0.352 e. The molecular formula is C8H17ClN2O. The summed E-state index contributed by atoms with van der Waals surface area (Å²) in [7, 11) is 0. The maximum Gasteiger partial charge on any atom is 0.236 e. The van der Waals surface area contributed by atoms with E-state index in [0.717, 1.165) is 12.8 Å². The van der Waals surface area contributed by atoms with Crippen molar-refractivity contribution in [1.82, 2.24) is 5.32 Å². The molecule has 1 atom stereocenters. The third kappa shape index (κ3) is 3.41. The van der Waals surface area contributed by atoms with Crippen LogP contribution in [0.1, 0.15) is 32.6 Å². The predicted octanol–water partition coefficient (Wildman–Crippen LogP) is 0.814. The molecule has 1 fully saturated rings. The molecule has 0 aromatic rings. The molecule has 72 valence electrons. The molecule has 1 aliphatic rings. The Morgan fingerprint density at radius 3 is 2.42 bits per heavy atom. The Kier molecular flexibility index (Phi) is 5.25. The summed E-state index contributed by atoms with van der Waals surface area (Å²) in [5, 5.41) is 2.91. The first-order valence-electron chi connectivity index (χ1n) is 4.26. The maximum absolute atomic E-state index is 11.1. The van der Waals surface area contributed by atoms with E-state index in [-0.39, 0.29) is 24.4 Å².